The molecule has 0 saturated heterocycles. The molecular formula is C8H10N4O4. The van der Waals surface area contributed by atoms with E-state index in [-0.39, 0.29) is 11.3 Å². The number of rotatable bonds is 4. The van der Waals surface area contributed by atoms with Crippen LogP contribution < -0.4 is 5.90 Å². The summed E-state index contributed by atoms with van der Waals surface area (Å²) >= 11 is 0. The minimum atomic E-state index is -1.31. The van der Waals surface area contributed by atoms with Crippen LogP contribution in [0.15, 0.2) is 0 Å². The van der Waals surface area contributed by atoms with E-state index in [1.807, 2.05) is 6.92 Å². The lowest BCUT2D eigenvalue weighted by molar-refractivity contribution is 0.0482. The van der Waals surface area contributed by atoms with Crippen molar-refractivity contribution >= 4 is 11.9 Å². The molecule has 0 aromatic carbocycles. The molecule has 1 aromatic rings. The van der Waals surface area contributed by atoms with Gasteiger partial charge >= 0.3 is 11.9 Å². The van der Waals surface area contributed by atoms with Gasteiger partial charge in [-0.2, -0.15) is 5.90 Å². The van der Waals surface area contributed by atoms with Crippen LogP contribution in [0.3, 0.4) is 0 Å². The summed E-state index contributed by atoms with van der Waals surface area (Å²) in [6, 6.07) is 0. The maximum atomic E-state index is 11.2. The lowest BCUT2D eigenvalue weighted by Crippen LogP contribution is -2.20. The Morgan fingerprint density at radius 2 is 2.12 bits per heavy atom. The highest BCUT2D eigenvalue weighted by atomic mass is 16.7. The van der Waals surface area contributed by atoms with Gasteiger partial charge in [0.05, 0.1) is 5.69 Å². The van der Waals surface area contributed by atoms with Crippen LogP contribution >= 0.6 is 0 Å². The fourth-order valence-electron chi connectivity index (χ4n) is 1.19. The van der Waals surface area contributed by atoms with E-state index >= 15 is 0 Å². The van der Waals surface area contributed by atoms with Gasteiger partial charge in [-0.25, -0.2) is 9.59 Å². The predicted octanol–water partition coefficient (Wildman–Crippen LogP) is -0.447. The number of carbonyl (C=O) groups is 2. The number of nitrogens with two attached hydrogens (primary N) is 1. The van der Waals surface area contributed by atoms with Crippen LogP contribution in [0.1, 0.15) is 39.9 Å². The van der Waals surface area contributed by atoms with Gasteiger partial charge in [0, 0.05) is 0 Å². The number of aryl methyl sites for hydroxylation is 1. The third-order valence-corrected chi connectivity index (χ3v) is 1.84. The van der Waals surface area contributed by atoms with Crippen molar-refractivity contribution in [2.75, 3.05) is 0 Å². The number of carboxylic acids is 1. The van der Waals surface area contributed by atoms with Crippen LogP contribution in [-0.2, 0) is 11.3 Å². The summed E-state index contributed by atoms with van der Waals surface area (Å²) in [6.07, 6.45) is 1.04. The van der Waals surface area contributed by atoms with Crippen LogP contribution in [-0.4, -0.2) is 32.5 Å². The molecule has 0 aliphatic heterocycles. The minimum absolute atomic E-state index is 0.186. The highest BCUT2D eigenvalue weighted by molar-refractivity contribution is 6.01. The largest absolute Gasteiger partial charge is 0.478 e. The Kier molecular flexibility index (Phi) is 3.84. The highest BCUT2D eigenvalue weighted by Gasteiger charge is 2.24. The van der Waals surface area contributed by atoms with E-state index in [1.54, 1.807) is 0 Å². The van der Waals surface area contributed by atoms with Crippen LogP contribution in [0.5, 0.6) is 0 Å². The molecular weight excluding hydrogens is 216 g/mol. The van der Waals surface area contributed by atoms with Crippen molar-refractivity contribution in [2.45, 2.75) is 19.8 Å². The van der Waals surface area contributed by atoms with Gasteiger partial charge in [0.2, 0.25) is 0 Å². The number of nitrogens with zero attached hydrogens (tertiary/aromatic N) is 3. The second-order valence-electron chi connectivity index (χ2n) is 2.92. The topological polar surface area (TPSA) is 128 Å². The number of carbonyl (C=O) groups excluding carboxylic acids is 1. The van der Waals surface area contributed by atoms with Crippen molar-refractivity contribution in [2.24, 2.45) is 5.90 Å². The van der Waals surface area contributed by atoms with E-state index in [9.17, 15) is 9.59 Å². The summed E-state index contributed by atoms with van der Waals surface area (Å²) in [7, 11) is 0. The molecule has 0 fully saturated rings. The summed E-state index contributed by atoms with van der Waals surface area (Å²) in [5, 5.41) is 19.2. The molecule has 0 saturated carbocycles. The van der Waals surface area contributed by atoms with Gasteiger partial charge in [-0.05, 0) is 11.6 Å². The number of hydrogen-bond acceptors (Lipinski definition) is 7. The first-order valence-corrected chi connectivity index (χ1v) is 4.48. The average molecular weight is 226 g/mol. The molecule has 0 radical (unpaired) electrons. The van der Waals surface area contributed by atoms with Crippen molar-refractivity contribution in [3.63, 3.8) is 0 Å². The van der Waals surface area contributed by atoms with Crippen molar-refractivity contribution in [3.05, 3.63) is 17.0 Å². The molecule has 0 aliphatic rings. The van der Waals surface area contributed by atoms with Crippen LogP contribution in [0.4, 0.5) is 0 Å². The quantitative estimate of drug-likeness (QED) is 0.660. The Labute approximate surface area is 90.4 Å². The second kappa shape index (κ2) is 5.12. The van der Waals surface area contributed by atoms with E-state index in [2.05, 4.69) is 26.1 Å². The molecule has 3 N–H and O–H groups in total. The predicted molar refractivity (Wildman–Crippen MR) is 50.4 cm³/mol. The van der Waals surface area contributed by atoms with Gasteiger partial charge < -0.3 is 9.94 Å². The van der Waals surface area contributed by atoms with Crippen molar-refractivity contribution in [3.8, 4) is 0 Å². The van der Waals surface area contributed by atoms with Gasteiger partial charge in [-0.15, -0.1) is 10.2 Å². The smallest absolute Gasteiger partial charge is 0.378 e. The van der Waals surface area contributed by atoms with Gasteiger partial charge in [-0.1, -0.05) is 13.3 Å². The minimum Gasteiger partial charge on any atom is -0.478 e. The molecule has 16 heavy (non-hydrogen) atoms. The Morgan fingerprint density at radius 1 is 1.44 bits per heavy atom. The van der Waals surface area contributed by atoms with Crippen molar-refractivity contribution in [1.29, 1.82) is 0 Å². The fraction of sp³-hybridized carbons (Fsp3) is 0.375. The molecule has 0 bridgehead atoms. The molecule has 0 aliphatic carbocycles. The van der Waals surface area contributed by atoms with Gasteiger partial charge in [0.25, 0.3) is 0 Å². The molecule has 0 amide bonds. The summed E-state index contributed by atoms with van der Waals surface area (Å²) in [5.41, 5.74) is -0.564. The molecule has 1 heterocycles. The first-order chi connectivity index (χ1) is 7.61. The van der Waals surface area contributed by atoms with Crippen LogP contribution in [0.2, 0.25) is 0 Å². The SMILES string of the molecule is CCCc1nnnc(C(=O)ON)c1C(=O)O. The van der Waals surface area contributed by atoms with E-state index in [0.29, 0.717) is 12.8 Å². The standard InChI is InChI=1S/C8H10N4O4/c1-2-3-4-5(7(13)14)6(8(15)16-9)11-12-10-4/h2-3,9H2,1H3,(H,13,14). The van der Waals surface area contributed by atoms with Crippen molar-refractivity contribution < 1.29 is 19.5 Å². The van der Waals surface area contributed by atoms with Gasteiger partial charge in [-0.3, -0.25) is 0 Å². The third kappa shape index (κ3) is 2.28. The zero-order valence-electron chi connectivity index (χ0n) is 8.51. The summed E-state index contributed by atoms with van der Waals surface area (Å²) in [4.78, 5) is 26.1. The Morgan fingerprint density at radius 3 is 2.62 bits per heavy atom. The van der Waals surface area contributed by atoms with E-state index in [1.165, 1.54) is 0 Å². The number of aromatic nitrogens is 3. The first kappa shape index (κ1) is 12.0. The Hall–Kier alpha value is -2.09. The second-order valence-corrected chi connectivity index (χ2v) is 2.92. The maximum Gasteiger partial charge on any atom is 0.378 e. The van der Waals surface area contributed by atoms with E-state index in [0.717, 1.165) is 0 Å². The zero-order valence-corrected chi connectivity index (χ0v) is 8.51. The van der Waals surface area contributed by atoms with E-state index < -0.39 is 17.6 Å². The molecule has 0 atom stereocenters. The van der Waals surface area contributed by atoms with E-state index in [4.69, 9.17) is 5.11 Å². The number of hydrogen-bond donors (Lipinski definition) is 2. The molecule has 1 rings (SSSR count). The lowest BCUT2D eigenvalue weighted by atomic mass is 10.1. The molecule has 0 spiro atoms. The normalized spacial score (nSPS) is 9.88. The fourth-order valence-corrected chi connectivity index (χ4v) is 1.19. The summed E-state index contributed by atoms with van der Waals surface area (Å²) < 4.78 is 0. The van der Waals surface area contributed by atoms with Crippen molar-refractivity contribution in [1.82, 2.24) is 15.4 Å². The Balaban J connectivity index is 3.32. The molecule has 8 heteroatoms. The zero-order chi connectivity index (χ0) is 12.1. The Bertz CT molecular complexity index is 420. The highest BCUT2D eigenvalue weighted by Crippen LogP contribution is 2.11. The number of aromatic carboxylic acids is 1. The average Bonchev–Trinajstić information content (AvgIpc) is 2.27. The molecule has 8 nitrogen and oxygen atoms in total. The molecule has 1 aromatic heterocycles. The van der Waals surface area contributed by atoms with Crippen LogP contribution in [0, 0.1) is 0 Å². The molecule has 0 unspecified atom stereocenters. The summed E-state index contributed by atoms with van der Waals surface area (Å²) in [5.74, 6) is 2.30. The number of carboxylic acid groups (broad SMARTS) is 1. The monoisotopic (exact) mass is 226 g/mol. The maximum absolute atomic E-state index is 11.2. The van der Waals surface area contributed by atoms with Crippen LogP contribution in [0.25, 0.3) is 0 Å². The third-order valence-electron chi connectivity index (χ3n) is 1.84. The first-order valence-electron chi connectivity index (χ1n) is 4.48. The molecule has 86 valence electrons. The van der Waals surface area contributed by atoms with Gasteiger partial charge in [0.1, 0.15) is 5.56 Å². The lowest BCUT2D eigenvalue weighted by Gasteiger charge is -2.05. The summed E-state index contributed by atoms with van der Waals surface area (Å²) in [6.45, 7) is 1.84. The van der Waals surface area contributed by atoms with Gasteiger partial charge in [0.15, 0.2) is 5.69 Å².